The molecular weight excluding hydrogens is 548 g/mol. The van der Waals surface area contributed by atoms with Gasteiger partial charge in [-0.05, 0) is 47.2 Å². The minimum Gasteiger partial charge on any atom is -0.456 e. The molecule has 13 rings (SSSR count). The van der Waals surface area contributed by atoms with Crippen LogP contribution >= 0.6 is 0 Å². The Bertz CT molecular complexity index is 2890. The number of fused-ring (bicyclic) bond motifs is 12. The van der Waals surface area contributed by atoms with Crippen LogP contribution in [0.1, 0.15) is 11.1 Å². The van der Waals surface area contributed by atoms with Gasteiger partial charge in [-0.1, -0.05) is 36.4 Å². The fourth-order valence-corrected chi connectivity index (χ4v) is 8.92. The van der Waals surface area contributed by atoms with Gasteiger partial charge in [0.15, 0.2) is 0 Å². The molecule has 0 bridgehead atoms. The Morgan fingerprint density at radius 1 is 0.523 bits per heavy atom. The zero-order valence-electron chi connectivity index (χ0n) is 22.7. The van der Waals surface area contributed by atoms with Crippen molar-refractivity contribution in [2.45, 2.75) is 5.66 Å². The maximum atomic E-state index is 6.88. The topological polar surface area (TPSA) is 77.4 Å². The number of hydrogen-bond acceptors (Lipinski definition) is 5. The molecule has 0 N–H and O–H groups in total. The number of imidazole rings is 2. The Morgan fingerprint density at radius 3 is 1.52 bits per heavy atom. The second-order valence-corrected chi connectivity index (χ2v) is 11.9. The molecule has 3 aliphatic rings. The lowest BCUT2D eigenvalue weighted by atomic mass is 9.85. The predicted molar refractivity (Wildman–Crippen MR) is 163 cm³/mol. The number of benzene rings is 4. The summed E-state index contributed by atoms with van der Waals surface area (Å²) in [7, 11) is 0. The SMILES string of the molecule is c1ccc2c(c1)c1ccc3c4c1c1n2c2nccnc2[n+]1C41c2c(ccc4c5ccccc5n5c6nccnc6[n+]1c5c24)O3. The second kappa shape index (κ2) is 6.25. The normalized spacial score (nSPS) is 15.2. The lowest BCUT2D eigenvalue weighted by Crippen LogP contribution is -2.72. The van der Waals surface area contributed by atoms with Gasteiger partial charge in [0.25, 0.3) is 17.0 Å². The van der Waals surface area contributed by atoms with Gasteiger partial charge in [0.1, 0.15) is 34.9 Å². The smallest absolute Gasteiger partial charge is 0.326 e. The molecule has 0 saturated carbocycles. The highest BCUT2D eigenvalue weighted by Gasteiger charge is 2.65. The molecule has 9 nitrogen and oxygen atoms in total. The van der Waals surface area contributed by atoms with Crippen LogP contribution in [0, 0.1) is 0 Å². The van der Waals surface area contributed by atoms with Gasteiger partial charge >= 0.3 is 11.3 Å². The molecule has 0 saturated heterocycles. The van der Waals surface area contributed by atoms with E-state index in [0.717, 1.165) is 89.1 Å². The van der Waals surface area contributed by atoms with Crippen LogP contribution in [0.4, 0.5) is 0 Å². The maximum absolute atomic E-state index is 6.88. The number of ether oxygens (including phenoxy) is 1. The third-order valence-electron chi connectivity index (χ3n) is 10.2. The fourth-order valence-electron chi connectivity index (χ4n) is 8.92. The molecule has 6 aromatic heterocycles. The molecule has 0 amide bonds. The number of para-hydroxylation sites is 2. The van der Waals surface area contributed by atoms with Gasteiger partial charge in [0.2, 0.25) is 11.3 Å². The zero-order chi connectivity index (χ0) is 28.1. The van der Waals surface area contributed by atoms with Crippen molar-refractivity contribution in [2.24, 2.45) is 0 Å². The van der Waals surface area contributed by atoms with Crippen molar-refractivity contribution in [3.05, 3.63) is 109 Å². The third-order valence-corrected chi connectivity index (χ3v) is 10.2. The first-order valence-corrected chi connectivity index (χ1v) is 14.7. The first kappa shape index (κ1) is 20.6. The molecule has 9 heteroatoms. The number of pyridine rings is 2. The summed E-state index contributed by atoms with van der Waals surface area (Å²) in [6, 6.07) is 25.8. The van der Waals surface area contributed by atoms with Crippen molar-refractivity contribution in [3.8, 4) is 11.5 Å². The second-order valence-electron chi connectivity index (χ2n) is 11.9. The van der Waals surface area contributed by atoms with Gasteiger partial charge in [0.05, 0.1) is 34.3 Å². The monoisotopic (exact) mass is 564 g/mol. The summed E-state index contributed by atoms with van der Waals surface area (Å²) < 4.78 is 16.3. The van der Waals surface area contributed by atoms with Crippen LogP contribution in [-0.2, 0) is 5.66 Å². The summed E-state index contributed by atoms with van der Waals surface area (Å²) in [4.78, 5) is 20.0. The average Bonchev–Trinajstić information content (AvgIpc) is 3.79. The highest BCUT2D eigenvalue weighted by Crippen LogP contribution is 2.58. The number of hydrogen-bond donors (Lipinski definition) is 0. The third kappa shape index (κ3) is 1.78. The molecular formula is C35H16N8O+2. The Balaban J connectivity index is 1.45. The van der Waals surface area contributed by atoms with Crippen molar-refractivity contribution >= 4 is 77.2 Å². The van der Waals surface area contributed by atoms with Gasteiger partial charge in [-0.2, -0.15) is 9.13 Å². The van der Waals surface area contributed by atoms with E-state index in [1.807, 2.05) is 0 Å². The minimum atomic E-state index is -0.868. The van der Waals surface area contributed by atoms with E-state index in [2.05, 4.69) is 90.7 Å². The van der Waals surface area contributed by atoms with Crippen LogP contribution in [0.25, 0.3) is 77.2 Å². The van der Waals surface area contributed by atoms with Gasteiger partial charge in [-0.25, -0.2) is 18.8 Å². The van der Waals surface area contributed by atoms with E-state index >= 15 is 0 Å². The Kier molecular flexibility index (Phi) is 2.93. The van der Waals surface area contributed by atoms with E-state index in [0.29, 0.717) is 0 Å². The van der Waals surface area contributed by atoms with Crippen molar-refractivity contribution < 1.29 is 13.9 Å². The quantitative estimate of drug-likeness (QED) is 0.185. The standard InChI is InChI=1S/C35H16N8O/c1-3-7-21-17(5-1)19-9-11-23-27-25(19)33-40(21)29-31(38-15-13-36-29)42(33)35(27)28-24(44-23)12-10-20-18-6-2-4-8-22(18)41-30-32(39-16-14-37-30)43(35)34(41)26(20)28/h1-16H/q+2. The molecule has 3 aliphatic heterocycles. The summed E-state index contributed by atoms with van der Waals surface area (Å²) in [5, 5.41) is 6.95. The fraction of sp³-hybridized carbons (Fsp3) is 0.0286. The number of aromatic nitrogens is 8. The molecule has 1 spiro atoms. The van der Waals surface area contributed by atoms with Gasteiger partial charge < -0.3 is 4.74 Å². The number of nitrogens with zero attached hydrogens (tertiary/aromatic N) is 8. The Hall–Kier alpha value is -6.22. The highest BCUT2D eigenvalue weighted by atomic mass is 16.5. The molecule has 0 radical (unpaired) electrons. The molecule has 4 aromatic carbocycles. The van der Waals surface area contributed by atoms with E-state index < -0.39 is 5.66 Å². The average molecular weight is 565 g/mol. The predicted octanol–water partition coefficient (Wildman–Crippen LogP) is 5.30. The van der Waals surface area contributed by atoms with Crippen LogP contribution in [0.3, 0.4) is 0 Å². The summed E-state index contributed by atoms with van der Waals surface area (Å²) in [5.41, 5.74) is 8.86. The number of rotatable bonds is 0. The van der Waals surface area contributed by atoms with Crippen LogP contribution in [0.15, 0.2) is 97.6 Å². The maximum Gasteiger partial charge on any atom is 0.326 e. The van der Waals surface area contributed by atoms with Gasteiger partial charge in [-0.3, -0.25) is 0 Å². The lowest BCUT2D eigenvalue weighted by Gasteiger charge is -2.32. The largest absolute Gasteiger partial charge is 0.456 e. The molecule has 0 aliphatic carbocycles. The molecule has 0 unspecified atom stereocenters. The van der Waals surface area contributed by atoms with Crippen molar-refractivity contribution in [1.82, 2.24) is 28.7 Å². The molecule has 10 aromatic rings. The summed E-state index contributed by atoms with van der Waals surface area (Å²) >= 11 is 0. The molecule has 0 atom stereocenters. The van der Waals surface area contributed by atoms with E-state index in [-0.39, 0.29) is 0 Å². The van der Waals surface area contributed by atoms with Crippen LogP contribution < -0.4 is 13.9 Å². The summed E-state index contributed by atoms with van der Waals surface area (Å²) in [6.07, 6.45) is 7.15. The van der Waals surface area contributed by atoms with E-state index in [4.69, 9.17) is 24.7 Å². The van der Waals surface area contributed by atoms with Crippen molar-refractivity contribution in [3.63, 3.8) is 0 Å². The van der Waals surface area contributed by atoms with E-state index in [9.17, 15) is 0 Å². The van der Waals surface area contributed by atoms with E-state index in [1.165, 1.54) is 10.8 Å². The van der Waals surface area contributed by atoms with Crippen LogP contribution in [-0.4, -0.2) is 28.7 Å². The molecule has 44 heavy (non-hydrogen) atoms. The summed E-state index contributed by atoms with van der Waals surface area (Å²) in [6.45, 7) is 0. The first-order valence-electron chi connectivity index (χ1n) is 14.7. The van der Waals surface area contributed by atoms with Gasteiger partial charge in [-0.15, -0.1) is 9.97 Å². The minimum absolute atomic E-state index is 0.804. The zero-order valence-corrected chi connectivity index (χ0v) is 22.7. The van der Waals surface area contributed by atoms with Crippen molar-refractivity contribution in [2.75, 3.05) is 0 Å². The van der Waals surface area contributed by atoms with E-state index in [1.54, 1.807) is 24.8 Å². The Morgan fingerprint density at radius 2 is 1.00 bits per heavy atom. The van der Waals surface area contributed by atoms with Crippen LogP contribution in [0.2, 0.25) is 0 Å². The highest BCUT2D eigenvalue weighted by molar-refractivity contribution is 6.19. The lowest BCUT2D eigenvalue weighted by molar-refractivity contribution is -0.925. The summed E-state index contributed by atoms with van der Waals surface area (Å²) in [5.74, 6) is 1.67. The first-order chi connectivity index (χ1) is 21.9. The van der Waals surface area contributed by atoms with Crippen LogP contribution in [0.5, 0.6) is 11.5 Å². The van der Waals surface area contributed by atoms with Gasteiger partial charge in [0, 0.05) is 10.8 Å². The van der Waals surface area contributed by atoms with Crippen molar-refractivity contribution in [1.29, 1.82) is 0 Å². The Labute approximate surface area is 245 Å². The molecule has 200 valence electrons. The molecule has 9 heterocycles. The molecule has 0 fully saturated rings.